The fourth-order valence-corrected chi connectivity index (χ4v) is 2.63. The van der Waals surface area contributed by atoms with E-state index >= 15 is 0 Å². The second-order valence-corrected chi connectivity index (χ2v) is 5.71. The molecule has 1 aromatic heterocycles. The molecule has 0 aliphatic heterocycles. The topological polar surface area (TPSA) is 60.5 Å². The zero-order chi connectivity index (χ0) is 18.4. The number of carbonyl (C=O) groups is 1. The molecular weight excluding hydrogens is 328 g/mol. The van der Waals surface area contributed by atoms with Gasteiger partial charge in [0.1, 0.15) is 5.82 Å². The molecule has 0 fully saturated rings. The Balaban J connectivity index is 1.65. The molecule has 132 valence electrons. The van der Waals surface area contributed by atoms with Crippen molar-refractivity contribution < 1.29 is 14.3 Å². The number of ether oxygens (including phenoxy) is 2. The third kappa shape index (κ3) is 4.19. The van der Waals surface area contributed by atoms with Crippen molar-refractivity contribution in [3.05, 3.63) is 72.4 Å². The van der Waals surface area contributed by atoms with Gasteiger partial charge in [-0.1, -0.05) is 36.4 Å². The van der Waals surface area contributed by atoms with Crippen LogP contribution in [0, 0.1) is 0 Å². The van der Waals surface area contributed by atoms with Crippen molar-refractivity contribution in [2.75, 3.05) is 19.5 Å². The van der Waals surface area contributed by atoms with E-state index in [1.54, 1.807) is 38.6 Å². The molecule has 0 unspecified atom stereocenters. The molecule has 0 bridgehead atoms. The smallest absolute Gasteiger partial charge is 0.229 e. The molecule has 1 N–H and O–H groups in total. The first-order chi connectivity index (χ1) is 12.7. The number of nitrogens with one attached hydrogen (secondary N) is 1. The third-order valence-corrected chi connectivity index (χ3v) is 3.95. The van der Waals surface area contributed by atoms with E-state index in [0.717, 1.165) is 16.7 Å². The van der Waals surface area contributed by atoms with Gasteiger partial charge in [0.2, 0.25) is 5.91 Å². The Morgan fingerprint density at radius 2 is 1.69 bits per heavy atom. The summed E-state index contributed by atoms with van der Waals surface area (Å²) in [4.78, 5) is 16.6. The lowest BCUT2D eigenvalue weighted by molar-refractivity contribution is -0.115. The summed E-state index contributed by atoms with van der Waals surface area (Å²) >= 11 is 0. The second kappa shape index (κ2) is 8.16. The highest BCUT2D eigenvalue weighted by molar-refractivity contribution is 5.91. The van der Waals surface area contributed by atoms with Gasteiger partial charge in [-0.2, -0.15) is 0 Å². The van der Waals surface area contributed by atoms with Crippen LogP contribution in [0.4, 0.5) is 5.82 Å². The number of pyridine rings is 1. The number of amides is 1. The quantitative estimate of drug-likeness (QED) is 0.733. The van der Waals surface area contributed by atoms with E-state index in [1.165, 1.54) is 0 Å². The molecule has 0 aliphatic carbocycles. The average molecular weight is 348 g/mol. The summed E-state index contributed by atoms with van der Waals surface area (Å²) in [6.07, 6.45) is 1.98. The van der Waals surface area contributed by atoms with E-state index in [4.69, 9.17) is 9.47 Å². The Morgan fingerprint density at radius 1 is 0.923 bits per heavy atom. The molecule has 5 nitrogen and oxygen atoms in total. The lowest BCUT2D eigenvalue weighted by atomic mass is 10.1. The molecule has 3 aromatic rings. The number of nitrogens with zero attached hydrogens (tertiary/aromatic N) is 1. The molecule has 0 saturated carbocycles. The van der Waals surface area contributed by atoms with Gasteiger partial charge in [-0.05, 0) is 35.4 Å². The van der Waals surface area contributed by atoms with Crippen molar-refractivity contribution >= 4 is 11.7 Å². The molecular formula is C21H20N2O3. The van der Waals surface area contributed by atoms with Gasteiger partial charge in [0.25, 0.3) is 0 Å². The Kier molecular flexibility index (Phi) is 5.49. The van der Waals surface area contributed by atoms with Gasteiger partial charge in [-0.3, -0.25) is 4.79 Å². The molecule has 0 atom stereocenters. The van der Waals surface area contributed by atoms with Crippen LogP contribution in [-0.4, -0.2) is 25.1 Å². The minimum absolute atomic E-state index is 0.141. The number of benzene rings is 2. The van der Waals surface area contributed by atoms with E-state index in [2.05, 4.69) is 10.3 Å². The fraction of sp³-hybridized carbons (Fsp3) is 0.143. The van der Waals surface area contributed by atoms with E-state index in [-0.39, 0.29) is 12.3 Å². The zero-order valence-corrected chi connectivity index (χ0v) is 14.7. The number of methoxy groups -OCH3 is 2. The maximum absolute atomic E-state index is 12.3. The first-order valence-corrected chi connectivity index (χ1v) is 8.22. The molecule has 1 heterocycles. The molecule has 5 heteroatoms. The number of hydrogen-bond acceptors (Lipinski definition) is 4. The van der Waals surface area contributed by atoms with Gasteiger partial charge in [0.15, 0.2) is 11.5 Å². The van der Waals surface area contributed by atoms with Gasteiger partial charge in [-0.25, -0.2) is 4.98 Å². The van der Waals surface area contributed by atoms with Gasteiger partial charge < -0.3 is 14.8 Å². The van der Waals surface area contributed by atoms with Crippen molar-refractivity contribution in [1.29, 1.82) is 0 Å². The van der Waals surface area contributed by atoms with Crippen molar-refractivity contribution in [2.45, 2.75) is 6.42 Å². The molecule has 0 saturated heterocycles. The summed E-state index contributed by atoms with van der Waals surface area (Å²) in [5, 5.41) is 2.81. The van der Waals surface area contributed by atoms with Crippen molar-refractivity contribution in [2.24, 2.45) is 0 Å². The summed E-state index contributed by atoms with van der Waals surface area (Å²) in [5.41, 5.74) is 2.92. The van der Waals surface area contributed by atoms with Crippen LogP contribution in [0.5, 0.6) is 11.5 Å². The Bertz CT molecular complexity index is 878. The van der Waals surface area contributed by atoms with Crippen LogP contribution in [0.15, 0.2) is 66.9 Å². The maximum Gasteiger partial charge on any atom is 0.229 e. The predicted molar refractivity (Wildman–Crippen MR) is 102 cm³/mol. The summed E-state index contributed by atoms with van der Waals surface area (Å²) in [6, 6.07) is 19.1. The van der Waals surface area contributed by atoms with Crippen LogP contribution in [0.2, 0.25) is 0 Å². The predicted octanol–water partition coefficient (Wildman–Crippen LogP) is 3.95. The normalized spacial score (nSPS) is 10.2. The lowest BCUT2D eigenvalue weighted by Crippen LogP contribution is -2.15. The highest BCUT2D eigenvalue weighted by Gasteiger charge is 2.09. The maximum atomic E-state index is 12.3. The molecule has 26 heavy (non-hydrogen) atoms. The number of anilines is 1. The zero-order valence-electron chi connectivity index (χ0n) is 14.7. The van der Waals surface area contributed by atoms with E-state index < -0.39 is 0 Å². The third-order valence-electron chi connectivity index (χ3n) is 3.95. The highest BCUT2D eigenvalue weighted by atomic mass is 16.5. The van der Waals surface area contributed by atoms with E-state index in [9.17, 15) is 4.79 Å². The molecule has 0 aliphatic rings. The molecule has 0 spiro atoms. The molecule has 1 amide bonds. The Morgan fingerprint density at radius 3 is 2.35 bits per heavy atom. The molecule has 0 radical (unpaired) electrons. The second-order valence-electron chi connectivity index (χ2n) is 5.71. The van der Waals surface area contributed by atoms with E-state index in [0.29, 0.717) is 17.3 Å². The number of rotatable bonds is 6. The number of carbonyl (C=O) groups excluding carboxylic acids is 1. The van der Waals surface area contributed by atoms with Crippen LogP contribution in [0.1, 0.15) is 5.56 Å². The fourth-order valence-electron chi connectivity index (χ4n) is 2.63. The largest absolute Gasteiger partial charge is 0.493 e. The standard InChI is InChI=1S/C21H20N2O3/c1-25-18-10-8-15(12-19(18)26-2)13-21(24)23-20-11-9-17(14-22-20)16-6-4-3-5-7-16/h3-12,14H,13H2,1-2H3,(H,22,23,24). The van der Waals surface area contributed by atoms with Gasteiger partial charge >= 0.3 is 0 Å². The summed E-state index contributed by atoms with van der Waals surface area (Å²) in [6.45, 7) is 0. The Labute approximate surface area is 152 Å². The summed E-state index contributed by atoms with van der Waals surface area (Å²) in [7, 11) is 3.15. The monoisotopic (exact) mass is 348 g/mol. The highest BCUT2D eigenvalue weighted by Crippen LogP contribution is 2.27. The first-order valence-electron chi connectivity index (χ1n) is 8.22. The minimum atomic E-state index is -0.141. The molecule has 2 aromatic carbocycles. The van der Waals surface area contributed by atoms with Crippen LogP contribution < -0.4 is 14.8 Å². The first kappa shape index (κ1) is 17.5. The number of hydrogen-bond donors (Lipinski definition) is 1. The minimum Gasteiger partial charge on any atom is -0.493 e. The van der Waals surface area contributed by atoms with Crippen LogP contribution in [-0.2, 0) is 11.2 Å². The lowest BCUT2D eigenvalue weighted by Gasteiger charge is -2.10. The van der Waals surface area contributed by atoms with E-state index in [1.807, 2.05) is 42.5 Å². The average Bonchev–Trinajstić information content (AvgIpc) is 2.69. The molecule has 3 rings (SSSR count). The summed E-state index contributed by atoms with van der Waals surface area (Å²) < 4.78 is 10.5. The number of aromatic nitrogens is 1. The van der Waals surface area contributed by atoms with Crippen molar-refractivity contribution in [3.63, 3.8) is 0 Å². The van der Waals surface area contributed by atoms with Crippen LogP contribution in [0.25, 0.3) is 11.1 Å². The van der Waals surface area contributed by atoms with Gasteiger partial charge in [0.05, 0.1) is 20.6 Å². The SMILES string of the molecule is COc1ccc(CC(=O)Nc2ccc(-c3ccccc3)cn2)cc1OC. The van der Waals surface area contributed by atoms with Crippen molar-refractivity contribution in [1.82, 2.24) is 4.98 Å². The van der Waals surface area contributed by atoms with Crippen LogP contribution in [0.3, 0.4) is 0 Å². The van der Waals surface area contributed by atoms with Crippen LogP contribution >= 0.6 is 0 Å². The Hall–Kier alpha value is -3.34. The summed E-state index contributed by atoms with van der Waals surface area (Å²) in [5.74, 6) is 1.62. The van der Waals surface area contributed by atoms with Gasteiger partial charge in [-0.15, -0.1) is 0 Å². The van der Waals surface area contributed by atoms with Crippen molar-refractivity contribution in [3.8, 4) is 22.6 Å². The van der Waals surface area contributed by atoms with Gasteiger partial charge in [0, 0.05) is 11.8 Å².